The fraction of sp³-hybridized carbons (Fsp3) is 0.714. The molecule has 0 spiro atoms. The molecule has 4 aliphatic rings. The van der Waals surface area contributed by atoms with Crippen LogP contribution in [0.1, 0.15) is 103 Å². The van der Waals surface area contributed by atoms with Gasteiger partial charge in [0.1, 0.15) is 5.69 Å². The molecule has 4 bridgehead atoms. The fourth-order valence-corrected chi connectivity index (χ4v) is 6.71. The van der Waals surface area contributed by atoms with E-state index in [9.17, 15) is 4.79 Å². The zero-order chi connectivity index (χ0) is 22.5. The van der Waals surface area contributed by atoms with Gasteiger partial charge < -0.3 is 9.88 Å². The number of aryl methyl sites for hydroxylation is 1. The summed E-state index contributed by atoms with van der Waals surface area (Å²) in [5.41, 5.74) is 2.60. The van der Waals surface area contributed by atoms with E-state index >= 15 is 0 Å². The number of para-hydroxylation sites is 2. The van der Waals surface area contributed by atoms with E-state index in [1.165, 1.54) is 32.1 Å². The lowest BCUT2D eigenvalue weighted by Crippen LogP contribution is -2.50. The fourth-order valence-electron chi connectivity index (χ4n) is 6.71. The van der Waals surface area contributed by atoms with Gasteiger partial charge >= 0.3 is 0 Å². The second-order valence-corrected chi connectivity index (χ2v) is 10.3. The van der Waals surface area contributed by atoms with Crippen LogP contribution < -0.4 is 10.9 Å². The second-order valence-electron chi connectivity index (χ2n) is 10.3. The van der Waals surface area contributed by atoms with E-state index in [2.05, 4.69) is 10.3 Å². The lowest BCUT2D eigenvalue weighted by Gasteiger charge is -2.41. The summed E-state index contributed by atoms with van der Waals surface area (Å²) in [6.07, 6.45) is 16.8. The van der Waals surface area contributed by atoms with Crippen LogP contribution in [0.3, 0.4) is 0 Å². The van der Waals surface area contributed by atoms with Crippen molar-refractivity contribution in [1.82, 2.24) is 14.9 Å². The Kier molecular flexibility index (Phi) is 8.04. The summed E-state index contributed by atoms with van der Waals surface area (Å²) in [6.45, 7) is 5.83. The van der Waals surface area contributed by atoms with E-state index in [1.54, 1.807) is 32.1 Å². The van der Waals surface area contributed by atoms with E-state index < -0.39 is 0 Å². The number of piperidine rings is 2. The predicted molar refractivity (Wildman–Crippen MR) is 134 cm³/mol. The van der Waals surface area contributed by atoms with E-state index in [0.29, 0.717) is 23.8 Å². The van der Waals surface area contributed by atoms with Crippen molar-refractivity contribution in [3.63, 3.8) is 0 Å². The molecular weight excluding hydrogens is 394 g/mol. The van der Waals surface area contributed by atoms with E-state index in [0.717, 1.165) is 35.7 Å². The summed E-state index contributed by atoms with van der Waals surface area (Å²) in [4.78, 5) is 17.1. The lowest BCUT2D eigenvalue weighted by molar-refractivity contribution is 0.188. The molecule has 32 heavy (non-hydrogen) atoms. The molecule has 2 aliphatic carbocycles. The van der Waals surface area contributed by atoms with Crippen LogP contribution >= 0.6 is 0 Å². The number of aromatic nitrogens is 2. The molecule has 6 rings (SSSR count). The van der Waals surface area contributed by atoms with Crippen molar-refractivity contribution in [2.45, 2.75) is 116 Å². The van der Waals surface area contributed by atoms with Crippen molar-refractivity contribution in [1.29, 1.82) is 0 Å². The molecule has 0 radical (unpaired) electrons. The van der Waals surface area contributed by atoms with Gasteiger partial charge in [-0.2, -0.15) is 0 Å². The quantitative estimate of drug-likeness (QED) is 0.550. The molecule has 1 aromatic carbocycles. The molecule has 4 nitrogen and oxygen atoms in total. The Morgan fingerprint density at radius 3 is 2.00 bits per heavy atom. The number of benzene rings is 1. The molecule has 176 valence electrons. The first-order valence-corrected chi connectivity index (χ1v) is 13.4. The minimum atomic E-state index is 0.0821. The van der Waals surface area contributed by atoms with Gasteiger partial charge in [-0.25, -0.2) is 4.98 Å². The Labute approximate surface area is 194 Å². The van der Waals surface area contributed by atoms with Gasteiger partial charge in [0.15, 0.2) is 0 Å². The average Bonchev–Trinajstić information content (AvgIpc) is 2.81. The van der Waals surface area contributed by atoms with Crippen LogP contribution in [0.2, 0.25) is 0 Å². The minimum Gasteiger partial charge on any atom is -0.311 e. The van der Waals surface area contributed by atoms with E-state index in [4.69, 9.17) is 0 Å². The summed E-state index contributed by atoms with van der Waals surface area (Å²) in [6, 6.07) is 9.46. The third-order valence-electron chi connectivity index (χ3n) is 8.13. The molecular formula is C28H43N3O. The smallest absolute Gasteiger partial charge is 0.272 e. The van der Waals surface area contributed by atoms with Gasteiger partial charge in [0, 0.05) is 18.1 Å². The molecule has 2 aromatic rings. The van der Waals surface area contributed by atoms with E-state index in [-0.39, 0.29) is 5.56 Å². The number of hydrogen-bond acceptors (Lipinski definition) is 3. The van der Waals surface area contributed by atoms with Crippen molar-refractivity contribution in [2.24, 2.45) is 11.8 Å². The van der Waals surface area contributed by atoms with Crippen LogP contribution in [0.4, 0.5) is 0 Å². The molecule has 3 heterocycles. The largest absolute Gasteiger partial charge is 0.311 e. The number of nitrogens with one attached hydrogen (secondary N) is 1. The zero-order valence-corrected chi connectivity index (χ0v) is 20.5. The van der Waals surface area contributed by atoms with Crippen LogP contribution in [0.5, 0.6) is 0 Å². The average molecular weight is 438 g/mol. The molecule has 2 atom stereocenters. The second kappa shape index (κ2) is 11.0. The first-order chi connectivity index (χ1) is 15.7. The minimum absolute atomic E-state index is 0.0821. The number of rotatable bonds is 1. The van der Waals surface area contributed by atoms with Gasteiger partial charge in [-0.3, -0.25) is 4.79 Å². The van der Waals surface area contributed by atoms with Gasteiger partial charge in [-0.05, 0) is 63.0 Å². The first kappa shape index (κ1) is 23.5. The molecule has 1 N–H and O–H groups in total. The SMILES string of the molecule is C1CC2CCCC(C1)C2.CC.Cc1nc2ccccc2n(C2CC3CCCC(C2)N3)c1=O. The summed E-state index contributed by atoms with van der Waals surface area (Å²) < 4.78 is 2.02. The van der Waals surface area contributed by atoms with Crippen LogP contribution in [0.25, 0.3) is 11.0 Å². The van der Waals surface area contributed by atoms with Crippen molar-refractivity contribution < 1.29 is 0 Å². The molecule has 4 fully saturated rings. The number of hydrogen-bond donors (Lipinski definition) is 1. The standard InChI is InChI=1S/C17H21N3O.C9H16.C2H6/c1-11-17(21)20(16-8-3-2-7-15(16)18-11)14-9-12-5-4-6-13(10-14)19-12;1-3-8-5-2-6-9(4-1)7-8;1-2/h2-3,7-8,12-14,19H,4-6,9-10H2,1H3;8-9H,1-7H2;1-2H3. The van der Waals surface area contributed by atoms with Crippen LogP contribution in [-0.4, -0.2) is 21.6 Å². The van der Waals surface area contributed by atoms with Crippen molar-refractivity contribution in [2.75, 3.05) is 0 Å². The third kappa shape index (κ3) is 5.27. The Bertz CT molecular complexity index is 904. The van der Waals surface area contributed by atoms with Gasteiger partial charge in [0.25, 0.3) is 5.56 Å². The zero-order valence-electron chi connectivity index (χ0n) is 20.5. The Morgan fingerprint density at radius 2 is 1.41 bits per heavy atom. The van der Waals surface area contributed by atoms with Gasteiger partial charge in [0.2, 0.25) is 0 Å². The van der Waals surface area contributed by atoms with Crippen molar-refractivity contribution >= 4 is 11.0 Å². The van der Waals surface area contributed by atoms with Gasteiger partial charge in [0.05, 0.1) is 11.0 Å². The maximum atomic E-state index is 12.7. The highest BCUT2D eigenvalue weighted by Crippen LogP contribution is 2.39. The molecule has 1 aromatic heterocycles. The lowest BCUT2D eigenvalue weighted by atomic mass is 9.72. The normalized spacial score (nSPS) is 31.0. The number of fused-ring (bicyclic) bond motifs is 5. The first-order valence-electron chi connectivity index (χ1n) is 13.4. The Hall–Kier alpha value is -1.68. The highest BCUT2D eigenvalue weighted by molar-refractivity contribution is 5.74. The molecule has 2 saturated heterocycles. The predicted octanol–water partition coefficient (Wildman–Crippen LogP) is 6.55. The third-order valence-corrected chi connectivity index (χ3v) is 8.13. The van der Waals surface area contributed by atoms with Crippen LogP contribution in [-0.2, 0) is 0 Å². The highest BCUT2D eigenvalue weighted by Gasteiger charge is 2.33. The Morgan fingerprint density at radius 1 is 0.844 bits per heavy atom. The molecule has 2 aliphatic heterocycles. The molecule has 4 heteroatoms. The summed E-state index contributed by atoms with van der Waals surface area (Å²) in [7, 11) is 0. The van der Waals surface area contributed by atoms with Crippen LogP contribution in [0.15, 0.2) is 29.1 Å². The summed E-state index contributed by atoms with van der Waals surface area (Å²) in [5.74, 6) is 2.30. The van der Waals surface area contributed by atoms with Gasteiger partial charge in [-0.15, -0.1) is 0 Å². The van der Waals surface area contributed by atoms with Gasteiger partial charge in [-0.1, -0.05) is 70.9 Å². The molecule has 2 saturated carbocycles. The maximum absolute atomic E-state index is 12.7. The topological polar surface area (TPSA) is 46.9 Å². The molecule has 2 unspecified atom stereocenters. The Balaban J connectivity index is 0.000000185. The molecule has 0 amide bonds. The number of nitrogens with zero attached hydrogens (tertiary/aromatic N) is 2. The summed E-state index contributed by atoms with van der Waals surface area (Å²) in [5, 5.41) is 3.70. The summed E-state index contributed by atoms with van der Waals surface area (Å²) >= 11 is 0. The monoisotopic (exact) mass is 437 g/mol. The van der Waals surface area contributed by atoms with Crippen molar-refractivity contribution in [3.8, 4) is 0 Å². The highest BCUT2D eigenvalue weighted by atomic mass is 16.1. The van der Waals surface area contributed by atoms with E-state index in [1.807, 2.05) is 49.6 Å². The van der Waals surface area contributed by atoms with Crippen LogP contribution in [0, 0.1) is 18.8 Å². The van der Waals surface area contributed by atoms with Crippen molar-refractivity contribution in [3.05, 3.63) is 40.3 Å². The maximum Gasteiger partial charge on any atom is 0.272 e.